The number of benzene rings is 1. The number of nitrogens with one attached hydrogen (secondary N) is 1. The van der Waals surface area contributed by atoms with Gasteiger partial charge in [0.1, 0.15) is 76.6 Å². The minimum absolute atomic E-state index is 0.0319. The zero-order chi connectivity index (χ0) is 38.4. The largest absolute Gasteiger partial charge is 0.507 e. The number of carbonyl (C=O) groups excluding carboxylic acids is 1. The average Bonchev–Trinajstić information content (AvgIpc) is 3.37. The number of aromatic hydroxyl groups is 1. The Morgan fingerprint density at radius 2 is 1.85 bits per heavy atom. The number of esters is 1. The van der Waals surface area contributed by atoms with Gasteiger partial charge in [0.15, 0.2) is 11.0 Å². The van der Waals surface area contributed by atoms with Gasteiger partial charge in [-0.2, -0.15) is 0 Å². The zero-order valence-corrected chi connectivity index (χ0v) is 30.8. The SMILES string of the molecule is Cc1cc(=O)c2c(O)c3c(cc2o1)OC(C)(C)[C@@H]1OC(=O)[C@]2(C[C@H](O)CC[C@@H]31)O[C@@H]2CCc1cc(N)nc(-c2cc(N)nc(C[NH+]3C=C4N=CC=C4C3)c2)c1. The highest BCUT2D eigenvalue weighted by molar-refractivity contribution is 5.88. The van der Waals surface area contributed by atoms with E-state index in [1.54, 1.807) is 25.1 Å². The van der Waals surface area contributed by atoms with Gasteiger partial charge < -0.3 is 40.3 Å². The van der Waals surface area contributed by atoms with Crippen LogP contribution in [0.1, 0.15) is 68.0 Å². The van der Waals surface area contributed by atoms with E-state index in [2.05, 4.69) is 21.2 Å². The normalized spacial score (nSPS) is 27.6. The molecule has 1 spiro atoms. The predicted octanol–water partition coefficient (Wildman–Crippen LogP) is 3.16. The Morgan fingerprint density at radius 3 is 2.67 bits per heavy atom. The smallest absolute Gasteiger partial charge is 0.341 e. The lowest BCUT2D eigenvalue weighted by Crippen LogP contribution is -3.04. The molecule has 2 saturated heterocycles. The number of aromatic nitrogens is 2. The van der Waals surface area contributed by atoms with Crippen molar-refractivity contribution >= 4 is 34.8 Å². The van der Waals surface area contributed by atoms with E-state index in [1.807, 2.05) is 38.3 Å². The van der Waals surface area contributed by atoms with Gasteiger partial charge in [-0.1, -0.05) is 0 Å². The van der Waals surface area contributed by atoms with Crippen LogP contribution in [0.2, 0.25) is 0 Å². The Balaban J connectivity index is 0.936. The molecule has 1 aromatic carbocycles. The minimum atomic E-state index is -1.35. The number of aliphatic imine (C=N–C) groups is 1. The van der Waals surface area contributed by atoms with Crippen molar-refractivity contribution in [2.45, 2.75) is 94.9 Å². The number of phenols is 1. The van der Waals surface area contributed by atoms with Gasteiger partial charge in [-0.25, -0.2) is 14.8 Å². The number of aliphatic hydroxyl groups excluding tert-OH is 1. The van der Waals surface area contributed by atoms with Crippen LogP contribution in [0.25, 0.3) is 22.2 Å². The number of hydrogen-bond donors (Lipinski definition) is 5. The maximum absolute atomic E-state index is 14.1. The second-order valence-corrected chi connectivity index (χ2v) is 15.9. The minimum Gasteiger partial charge on any atom is -0.507 e. The predicted molar refractivity (Wildman–Crippen MR) is 202 cm³/mol. The molecule has 4 aromatic rings. The monoisotopic (exact) mass is 747 g/mol. The molecule has 3 aromatic heterocycles. The number of pyridine rings is 2. The molecule has 7 N–H and O–H groups in total. The van der Waals surface area contributed by atoms with Crippen molar-refractivity contribution in [3.05, 3.63) is 92.7 Å². The highest BCUT2D eigenvalue weighted by Gasteiger charge is 2.65. The number of ether oxygens (including phenoxy) is 3. The highest BCUT2D eigenvalue weighted by atomic mass is 16.7. The molecular weight excluding hydrogens is 704 g/mol. The van der Waals surface area contributed by atoms with Gasteiger partial charge in [0.05, 0.1) is 23.6 Å². The average molecular weight is 748 g/mol. The lowest BCUT2D eigenvalue weighted by Gasteiger charge is -2.44. The summed E-state index contributed by atoms with van der Waals surface area (Å²) in [5.41, 5.74) is 15.7. The lowest BCUT2D eigenvalue weighted by atomic mass is 9.77. The van der Waals surface area contributed by atoms with Crippen molar-refractivity contribution in [2.24, 2.45) is 4.99 Å². The number of phenolic OH excluding ortho intramolecular Hbond substituents is 1. The number of nitrogen functional groups attached to an aromatic ring is 2. The third kappa shape index (κ3) is 6.23. The van der Waals surface area contributed by atoms with Crippen LogP contribution < -0.4 is 26.5 Å². The summed E-state index contributed by atoms with van der Waals surface area (Å²) in [6.45, 7) is 6.76. The van der Waals surface area contributed by atoms with Gasteiger partial charge in [-0.3, -0.25) is 14.7 Å². The van der Waals surface area contributed by atoms with E-state index < -0.39 is 41.4 Å². The van der Waals surface area contributed by atoms with Crippen LogP contribution in [0.4, 0.5) is 11.6 Å². The highest BCUT2D eigenvalue weighted by Crippen LogP contribution is 2.53. The van der Waals surface area contributed by atoms with Crippen LogP contribution in [0.15, 0.2) is 74.1 Å². The van der Waals surface area contributed by atoms with Crippen LogP contribution in [0.5, 0.6) is 11.5 Å². The first-order chi connectivity index (χ1) is 26.3. The fraction of sp³-hybridized carbons (Fsp3) is 0.390. The summed E-state index contributed by atoms with van der Waals surface area (Å²) < 4.78 is 24.6. The maximum atomic E-state index is 14.1. The number of aryl methyl sites for hydroxylation is 2. The molecule has 0 bridgehead atoms. The van der Waals surface area contributed by atoms with Crippen molar-refractivity contribution in [1.82, 2.24) is 9.97 Å². The van der Waals surface area contributed by atoms with E-state index in [0.29, 0.717) is 66.6 Å². The molecule has 5 aliphatic rings. The van der Waals surface area contributed by atoms with E-state index >= 15 is 0 Å². The summed E-state index contributed by atoms with van der Waals surface area (Å²) >= 11 is 0. The molecule has 0 radical (unpaired) electrons. The number of hydrogen-bond acceptors (Lipinski definition) is 13. The van der Waals surface area contributed by atoms with E-state index in [4.69, 9.17) is 30.1 Å². The number of nitrogens with zero attached hydrogens (tertiary/aromatic N) is 3. The van der Waals surface area contributed by atoms with Crippen molar-refractivity contribution in [3.63, 3.8) is 0 Å². The number of allylic oxidation sites excluding steroid dienone is 1. The first-order valence-electron chi connectivity index (χ1n) is 18.7. The van der Waals surface area contributed by atoms with Gasteiger partial charge in [0.2, 0.25) is 0 Å². The molecule has 55 heavy (non-hydrogen) atoms. The number of carbonyl (C=O) groups is 1. The summed E-state index contributed by atoms with van der Waals surface area (Å²) in [7, 11) is 0. The summed E-state index contributed by atoms with van der Waals surface area (Å²) in [6, 6.07) is 10.4. The van der Waals surface area contributed by atoms with E-state index in [9.17, 15) is 19.8 Å². The van der Waals surface area contributed by atoms with Crippen LogP contribution in [-0.2, 0) is 27.2 Å². The first kappa shape index (κ1) is 35.2. The summed E-state index contributed by atoms with van der Waals surface area (Å²) in [5, 5.41) is 22.8. The molecule has 14 nitrogen and oxygen atoms in total. The van der Waals surface area contributed by atoms with Crippen LogP contribution in [0, 0.1) is 6.92 Å². The second kappa shape index (κ2) is 12.8. The molecule has 5 aliphatic heterocycles. The molecule has 2 fully saturated rings. The van der Waals surface area contributed by atoms with Crippen molar-refractivity contribution in [1.29, 1.82) is 0 Å². The number of nitrogens with two attached hydrogens (primary N) is 2. The van der Waals surface area contributed by atoms with Gasteiger partial charge in [0, 0.05) is 47.4 Å². The Morgan fingerprint density at radius 1 is 1.04 bits per heavy atom. The van der Waals surface area contributed by atoms with Crippen LogP contribution in [0.3, 0.4) is 0 Å². The van der Waals surface area contributed by atoms with Gasteiger partial charge >= 0.3 is 5.97 Å². The quantitative estimate of drug-likeness (QED) is 0.142. The fourth-order valence-electron chi connectivity index (χ4n) is 8.89. The number of fused-ring (bicyclic) bond motifs is 5. The fourth-order valence-corrected chi connectivity index (χ4v) is 8.89. The third-order valence-electron chi connectivity index (χ3n) is 11.4. The topological polar surface area (TPSA) is 213 Å². The van der Waals surface area contributed by atoms with E-state index in [-0.39, 0.29) is 28.6 Å². The van der Waals surface area contributed by atoms with E-state index in [1.165, 1.54) is 16.5 Å². The molecule has 9 rings (SSSR count). The third-order valence-corrected chi connectivity index (χ3v) is 11.4. The molecular formula is C41H43N6O8+. The summed E-state index contributed by atoms with van der Waals surface area (Å²) in [5.74, 6) is 0.0283. The van der Waals surface area contributed by atoms with Gasteiger partial charge in [-0.05, 0) is 82.4 Å². The Labute approximate surface area is 316 Å². The number of quaternary nitrogens is 1. The molecule has 284 valence electrons. The van der Waals surface area contributed by atoms with Crippen molar-refractivity contribution in [3.8, 4) is 22.8 Å². The summed E-state index contributed by atoms with van der Waals surface area (Å²) in [6.07, 6.45) is 5.38. The molecule has 6 atom stereocenters. The van der Waals surface area contributed by atoms with Crippen molar-refractivity contribution in [2.75, 3.05) is 18.0 Å². The Hall–Kier alpha value is -5.57. The van der Waals surface area contributed by atoms with Crippen LogP contribution in [-0.4, -0.2) is 68.4 Å². The van der Waals surface area contributed by atoms with Gasteiger partial charge in [0.25, 0.3) is 0 Å². The molecule has 0 amide bonds. The first-order valence-corrected chi connectivity index (χ1v) is 18.7. The lowest BCUT2D eigenvalue weighted by molar-refractivity contribution is -0.852. The van der Waals surface area contributed by atoms with Crippen LogP contribution >= 0.6 is 0 Å². The zero-order valence-electron chi connectivity index (χ0n) is 30.8. The molecule has 1 unspecified atom stereocenters. The number of anilines is 2. The summed E-state index contributed by atoms with van der Waals surface area (Å²) in [4.78, 5) is 41.9. The van der Waals surface area contributed by atoms with Crippen molar-refractivity contribution < 1.29 is 38.5 Å². The Bertz CT molecular complexity index is 2440. The molecule has 14 heteroatoms. The molecule has 0 aliphatic carbocycles. The standard InChI is InChI=1S/C41H42N6O8/c1-20-10-29(49)36-30(52-20)15-31-35(37(36)50)26-6-5-25(48)16-41(39(51)53-38(26)40(2,3)54-31)32(55-41)7-4-21-11-27(46-33(42)12-21)23-13-24(45-34(43)14-23)18-47-17-22-8-9-44-28(22)19-47/h8-15,19,25-26,32,38,48,50H,4-7,16-18H2,1-3H3,(H2,42,46)(H2,43,45)/p+1/t25-,26+,32-,38-,41-/m1/s1. The number of epoxide rings is 1. The van der Waals surface area contributed by atoms with Gasteiger partial charge in [-0.15, -0.1) is 0 Å². The second-order valence-electron chi connectivity index (χ2n) is 15.9. The Kier molecular flexibility index (Phi) is 8.15. The number of rotatable bonds is 6. The molecule has 8 heterocycles. The number of aliphatic hydroxyl groups is 1. The maximum Gasteiger partial charge on any atom is 0.341 e. The van der Waals surface area contributed by atoms with E-state index in [0.717, 1.165) is 29.1 Å². The molecule has 0 saturated carbocycles.